The first-order valence-corrected chi connectivity index (χ1v) is 6.58. The van der Waals surface area contributed by atoms with Gasteiger partial charge >= 0.3 is 0 Å². The number of rotatable bonds is 6. The van der Waals surface area contributed by atoms with Crippen LogP contribution in [0.2, 0.25) is 0 Å². The molecule has 3 N–H and O–H groups in total. The van der Waals surface area contributed by atoms with Crippen molar-refractivity contribution in [3.8, 4) is 0 Å². The molecule has 0 bridgehead atoms. The summed E-state index contributed by atoms with van der Waals surface area (Å²) < 4.78 is 0. The predicted octanol–water partition coefficient (Wildman–Crippen LogP) is 1.38. The Morgan fingerprint density at radius 3 is 3.12 bits per heavy atom. The summed E-state index contributed by atoms with van der Waals surface area (Å²) in [5.41, 5.74) is 6.54. The van der Waals surface area contributed by atoms with E-state index < -0.39 is 0 Å². The SMILES string of the molecule is NCCCC(=O)NCc1nc(C2CC2)cs1. The Hall–Kier alpha value is -0.940. The second-order valence-corrected chi connectivity index (χ2v) is 5.05. The molecule has 88 valence electrons. The van der Waals surface area contributed by atoms with Crippen molar-refractivity contribution in [2.75, 3.05) is 6.54 Å². The molecule has 16 heavy (non-hydrogen) atoms. The molecule has 1 aliphatic carbocycles. The van der Waals surface area contributed by atoms with Crippen molar-refractivity contribution < 1.29 is 4.79 Å². The van der Waals surface area contributed by atoms with E-state index in [0.717, 1.165) is 11.4 Å². The van der Waals surface area contributed by atoms with Crippen LogP contribution >= 0.6 is 11.3 Å². The van der Waals surface area contributed by atoms with Gasteiger partial charge in [0.1, 0.15) is 5.01 Å². The van der Waals surface area contributed by atoms with Crippen molar-refractivity contribution in [3.05, 3.63) is 16.1 Å². The van der Waals surface area contributed by atoms with Crippen LogP contribution in [-0.4, -0.2) is 17.4 Å². The van der Waals surface area contributed by atoms with Gasteiger partial charge in [0.2, 0.25) is 5.91 Å². The van der Waals surface area contributed by atoms with Crippen LogP contribution in [0.4, 0.5) is 0 Å². The molecule has 1 fully saturated rings. The number of hydrogen-bond acceptors (Lipinski definition) is 4. The minimum Gasteiger partial charge on any atom is -0.350 e. The van der Waals surface area contributed by atoms with Crippen LogP contribution in [0.5, 0.6) is 0 Å². The Morgan fingerprint density at radius 1 is 1.62 bits per heavy atom. The maximum absolute atomic E-state index is 11.3. The number of carbonyl (C=O) groups excluding carboxylic acids is 1. The molecule has 1 heterocycles. The Bertz CT molecular complexity index is 360. The third-order valence-corrected chi connectivity index (χ3v) is 3.48. The lowest BCUT2D eigenvalue weighted by atomic mass is 10.3. The molecule has 0 saturated heterocycles. The van der Waals surface area contributed by atoms with E-state index in [4.69, 9.17) is 5.73 Å². The fourth-order valence-electron chi connectivity index (χ4n) is 1.50. The molecule has 0 aliphatic heterocycles. The molecule has 1 saturated carbocycles. The quantitative estimate of drug-likeness (QED) is 0.788. The smallest absolute Gasteiger partial charge is 0.220 e. The average Bonchev–Trinajstić information content (AvgIpc) is 3.03. The van der Waals surface area contributed by atoms with Crippen molar-refractivity contribution in [1.29, 1.82) is 0 Å². The predicted molar refractivity (Wildman–Crippen MR) is 64.2 cm³/mol. The summed E-state index contributed by atoms with van der Waals surface area (Å²) in [6, 6.07) is 0. The zero-order chi connectivity index (χ0) is 11.4. The Kier molecular flexibility index (Phi) is 3.90. The van der Waals surface area contributed by atoms with Gasteiger partial charge in [0, 0.05) is 17.7 Å². The summed E-state index contributed by atoms with van der Waals surface area (Å²) in [4.78, 5) is 15.8. The summed E-state index contributed by atoms with van der Waals surface area (Å²) in [6.45, 7) is 1.12. The van der Waals surface area contributed by atoms with Gasteiger partial charge in [-0.05, 0) is 25.8 Å². The highest BCUT2D eigenvalue weighted by Gasteiger charge is 2.25. The second-order valence-electron chi connectivity index (χ2n) is 4.11. The van der Waals surface area contributed by atoms with E-state index in [0.29, 0.717) is 25.4 Å². The maximum Gasteiger partial charge on any atom is 0.220 e. The number of hydrogen-bond donors (Lipinski definition) is 2. The molecule has 0 unspecified atom stereocenters. The van der Waals surface area contributed by atoms with Crippen LogP contribution in [-0.2, 0) is 11.3 Å². The zero-order valence-corrected chi connectivity index (χ0v) is 10.1. The van der Waals surface area contributed by atoms with Gasteiger partial charge < -0.3 is 11.1 Å². The highest BCUT2D eigenvalue weighted by molar-refractivity contribution is 7.09. The van der Waals surface area contributed by atoms with Gasteiger partial charge in [-0.3, -0.25) is 4.79 Å². The molecule has 0 spiro atoms. The molecule has 1 aromatic heterocycles. The van der Waals surface area contributed by atoms with Gasteiger partial charge in [-0.2, -0.15) is 0 Å². The summed E-state index contributed by atoms with van der Waals surface area (Å²) >= 11 is 1.63. The Morgan fingerprint density at radius 2 is 2.44 bits per heavy atom. The van der Waals surface area contributed by atoms with E-state index in [2.05, 4.69) is 15.7 Å². The third kappa shape index (κ3) is 3.28. The number of carbonyl (C=O) groups is 1. The number of aromatic nitrogens is 1. The third-order valence-electron chi connectivity index (χ3n) is 2.61. The molecular weight excluding hydrogens is 222 g/mol. The topological polar surface area (TPSA) is 68.0 Å². The Labute approximate surface area is 99.3 Å². The van der Waals surface area contributed by atoms with Crippen LogP contribution in [0.15, 0.2) is 5.38 Å². The van der Waals surface area contributed by atoms with Crippen molar-refractivity contribution in [2.24, 2.45) is 5.73 Å². The minimum absolute atomic E-state index is 0.0635. The summed E-state index contributed by atoms with van der Waals surface area (Å²) in [5, 5.41) is 5.97. The highest BCUT2D eigenvalue weighted by Crippen LogP contribution is 2.40. The summed E-state index contributed by atoms with van der Waals surface area (Å²) in [6.07, 6.45) is 3.80. The fourth-order valence-corrected chi connectivity index (χ4v) is 2.31. The monoisotopic (exact) mass is 239 g/mol. The van der Waals surface area contributed by atoms with E-state index >= 15 is 0 Å². The molecule has 4 nitrogen and oxygen atoms in total. The first kappa shape index (κ1) is 11.5. The zero-order valence-electron chi connectivity index (χ0n) is 9.24. The maximum atomic E-state index is 11.3. The van der Waals surface area contributed by atoms with E-state index in [1.165, 1.54) is 18.5 Å². The number of amides is 1. The minimum atomic E-state index is 0.0635. The molecule has 1 amide bonds. The number of nitrogens with two attached hydrogens (primary N) is 1. The Balaban J connectivity index is 1.73. The van der Waals surface area contributed by atoms with Crippen molar-refractivity contribution in [3.63, 3.8) is 0 Å². The largest absolute Gasteiger partial charge is 0.350 e. The van der Waals surface area contributed by atoms with E-state index in [1.807, 2.05) is 0 Å². The molecule has 0 aromatic carbocycles. The van der Waals surface area contributed by atoms with Crippen molar-refractivity contribution in [2.45, 2.75) is 38.1 Å². The standard InChI is InChI=1S/C11H17N3OS/c12-5-1-2-10(15)13-6-11-14-9(7-16-11)8-3-4-8/h7-8H,1-6,12H2,(H,13,15). The molecular formula is C11H17N3OS. The van der Waals surface area contributed by atoms with Gasteiger partial charge in [-0.25, -0.2) is 4.98 Å². The van der Waals surface area contributed by atoms with Gasteiger partial charge in [0.15, 0.2) is 0 Å². The normalized spacial score (nSPS) is 15.1. The van der Waals surface area contributed by atoms with Crippen molar-refractivity contribution in [1.82, 2.24) is 10.3 Å². The fraction of sp³-hybridized carbons (Fsp3) is 0.636. The molecule has 1 aliphatic rings. The van der Waals surface area contributed by atoms with Crippen LogP contribution in [0.3, 0.4) is 0 Å². The molecule has 1 aromatic rings. The van der Waals surface area contributed by atoms with E-state index in [9.17, 15) is 4.79 Å². The number of thiazole rings is 1. The molecule has 2 rings (SSSR count). The lowest BCUT2D eigenvalue weighted by Crippen LogP contribution is -2.23. The summed E-state index contributed by atoms with van der Waals surface area (Å²) in [5.74, 6) is 0.756. The van der Waals surface area contributed by atoms with Crippen molar-refractivity contribution >= 4 is 17.2 Å². The number of nitrogens with one attached hydrogen (secondary N) is 1. The molecule has 0 radical (unpaired) electrons. The lowest BCUT2D eigenvalue weighted by Gasteiger charge is -2.01. The van der Waals surface area contributed by atoms with Crippen LogP contribution in [0, 0.1) is 0 Å². The van der Waals surface area contributed by atoms with E-state index in [1.54, 1.807) is 11.3 Å². The van der Waals surface area contributed by atoms with Gasteiger partial charge in [0.05, 0.1) is 12.2 Å². The average molecular weight is 239 g/mol. The second kappa shape index (κ2) is 5.41. The first-order valence-electron chi connectivity index (χ1n) is 5.70. The number of nitrogens with zero attached hydrogens (tertiary/aromatic N) is 1. The van der Waals surface area contributed by atoms with Gasteiger partial charge in [0.25, 0.3) is 0 Å². The first-order chi connectivity index (χ1) is 7.79. The summed E-state index contributed by atoms with van der Waals surface area (Å²) in [7, 11) is 0. The van der Waals surface area contributed by atoms with Crippen LogP contribution in [0.25, 0.3) is 0 Å². The van der Waals surface area contributed by atoms with Crippen LogP contribution < -0.4 is 11.1 Å². The lowest BCUT2D eigenvalue weighted by molar-refractivity contribution is -0.121. The van der Waals surface area contributed by atoms with E-state index in [-0.39, 0.29) is 5.91 Å². The molecule has 0 atom stereocenters. The highest BCUT2D eigenvalue weighted by atomic mass is 32.1. The van der Waals surface area contributed by atoms with Crippen LogP contribution in [0.1, 0.15) is 42.3 Å². The van der Waals surface area contributed by atoms with Gasteiger partial charge in [-0.15, -0.1) is 11.3 Å². The molecule has 5 heteroatoms. The van der Waals surface area contributed by atoms with Gasteiger partial charge in [-0.1, -0.05) is 0 Å².